The minimum atomic E-state index is -1.07. The Balaban J connectivity index is 2.46. The number of carbonyl (C=O) groups is 1. The van der Waals surface area contributed by atoms with Crippen LogP contribution in [0, 0.1) is 5.92 Å². The fourth-order valence-corrected chi connectivity index (χ4v) is 4.02. The highest BCUT2D eigenvalue weighted by Gasteiger charge is 2.39. The summed E-state index contributed by atoms with van der Waals surface area (Å²) in [6, 6.07) is 13.6. The van der Waals surface area contributed by atoms with Crippen LogP contribution in [0.25, 0.3) is 16.6 Å². The van der Waals surface area contributed by atoms with Gasteiger partial charge in [-0.3, -0.25) is 14.3 Å². The number of hydrogen-bond donors (Lipinski definition) is 1. The quantitative estimate of drug-likeness (QED) is 0.595. The second kappa shape index (κ2) is 8.11. The molecule has 0 saturated heterocycles. The van der Waals surface area contributed by atoms with Crippen LogP contribution in [-0.4, -0.2) is 31.2 Å². The van der Waals surface area contributed by atoms with Crippen LogP contribution in [0.5, 0.6) is 0 Å². The summed E-state index contributed by atoms with van der Waals surface area (Å²) < 4.78 is 1.49. The van der Waals surface area contributed by atoms with Gasteiger partial charge in [0.1, 0.15) is 5.82 Å². The summed E-state index contributed by atoms with van der Waals surface area (Å²) in [5.41, 5.74) is 0.0246. The van der Waals surface area contributed by atoms with Crippen molar-refractivity contribution in [3.05, 3.63) is 69.7 Å². The van der Waals surface area contributed by atoms with Gasteiger partial charge in [0.25, 0.3) is 5.56 Å². The third-order valence-corrected chi connectivity index (χ3v) is 5.31. The smallest absolute Gasteiger partial charge is 0.408 e. The molecule has 0 saturated carbocycles. The van der Waals surface area contributed by atoms with Crippen molar-refractivity contribution in [2.75, 3.05) is 0 Å². The fraction of sp³-hybridized carbons (Fsp3) is 0.348. The van der Waals surface area contributed by atoms with Crippen molar-refractivity contribution in [3.8, 4) is 5.69 Å². The van der Waals surface area contributed by atoms with Gasteiger partial charge in [-0.2, -0.15) is 0 Å². The van der Waals surface area contributed by atoms with Gasteiger partial charge >= 0.3 is 6.09 Å². The average molecular weight is 428 g/mol. The van der Waals surface area contributed by atoms with E-state index >= 15 is 0 Å². The molecule has 0 aliphatic rings. The zero-order chi connectivity index (χ0) is 22.2. The van der Waals surface area contributed by atoms with Gasteiger partial charge < -0.3 is 5.11 Å². The third-order valence-electron chi connectivity index (χ3n) is 4.99. The first-order valence-corrected chi connectivity index (χ1v) is 10.2. The number of nitrogens with zero attached hydrogens (tertiary/aromatic N) is 3. The summed E-state index contributed by atoms with van der Waals surface area (Å²) in [5, 5.41) is 10.7. The molecule has 1 N–H and O–H groups in total. The van der Waals surface area contributed by atoms with Crippen LogP contribution in [0.2, 0.25) is 5.02 Å². The van der Waals surface area contributed by atoms with Crippen molar-refractivity contribution in [2.24, 2.45) is 5.92 Å². The normalized spacial score (nSPS) is 12.9. The van der Waals surface area contributed by atoms with E-state index in [4.69, 9.17) is 16.6 Å². The zero-order valence-electron chi connectivity index (χ0n) is 17.8. The number of halogens is 1. The van der Waals surface area contributed by atoms with E-state index in [0.29, 0.717) is 27.4 Å². The molecule has 7 heteroatoms. The Kier molecular flexibility index (Phi) is 5.90. The second-order valence-electron chi connectivity index (χ2n) is 8.59. The summed E-state index contributed by atoms with van der Waals surface area (Å²) in [6.07, 6.45) is -1.07. The lowest BCUT2D eigenvalue weighted by Crippen LogP contribution is -2.50. The molecule has 0 aliphatic heterocycles. The van der Waals surface area contributed by atoms with Crippen molar-refractivity contribution in [1.29, 1.82) is 0 Å². The molecule has 30 heavy (non-hydrogen) atoms. The third kappa shape index (κ3) is 3.92. The molecule has 1 heterocycles. The maximum absolute atomic E-state index is 13.6. The van der Waals surface area contributed by atoms with Gasteiger partial charge in [0.05, 0.1) is 27.7 Å². The first kappa shape index (κ1) is 21.8. The Morgan fingerprint density at radius 3 is 2.27 bits per heavy atom. The van der Waals surface area contributed by atoms with Crippen LogP contribution in [-0.2, 0) is 0 Å². The largest absolute Gasteiger partial charge is 0.465 e. The molecule has 0 spiro atoms. The van der Waals surface area contributed by atoms with Crippen molar-refractivity contribution < 1.29 is 9.90 Å². The van der Waals surface area contributed by atoms with E-state index in [9.17, 15) is 14.7 Å². The predicted molar refractivity (Wildman–Crippen MR) is 120 cm³/mol. The number of benzene rings is 2. The molecule has 1 aromatic heterocycles. The first-order chi connectivity index (χ1) is 14.0. The summed E-state index contributed by atoms with van der Waals surface area (Å²) >= 11 is 6.34. The molecule has 1 amide bonds. The van der Waals surface area contributed by atoms with Crippen LogP contribution >= 0.6 is 11.6 Å². The van der Waals surface area contributed by atoms with E-state index in [1.165, 1.54) is 9.47 Å². The number of carboxylic acid groups (broad SMARTS) is 1. The number of fused-ring (bicyclic) bond motifs is 1. The first-order valence-electron chi connectivity index (χ1n) is 9.83. The minimum absolute atomic E-state index is 0.140. The maximum Gasteiger partial charge on any atom is 0.408 e. The fourth-order valence-electron chi connectivity index (χ4n) is 3.77. The van der Waals surface area contributed by atoms with Crippen LogP contribution < -0.4 is 5.56 Å². The maximum atomic E-state index is 13.6. The Bertz CT molecular complexity index is 1130. The number of hydrogen-bond acceptors (Lipinski definition) is 3. The minimum Gasteiger partial charge on any atom is -0.465 e. The van der Waals surface area contributed by atoms with Gasteiger partial charge in [0.2, 0.25) is 0 Å². The second-order valence-corrected chi connectivity index (χ2v) is 9.00. The van der Waals surface area contributed by atoms with Gasteiger partial charge in [0.15, 0.2) is 0 Å². The van der Waals surface area contributed by atoms with E-state index in [0.717, 1.165) is 0 Å². The summed E-state index contributed by atoms with van der Waals surface area (Å²) in [5.74, 6) is 0.229. The molecule has 1 atom stereocenters. The molecule has 3 rings (SSSR count). The number of aromatic nitrogens is 2. The highest BCUT2D eigenvalue weighted by Crippen LogP contribution is 2.35. The number of rotatable bonds is 4. The molecule has 0 fully saturated rings. The molecular formula is C23H26ClN3O3. The Morgan fingerprint density at radius 2 is 1.73 bits per heavy atom. The lowest BCUT2D eigenvalue weighted by Gasteiger charge is -2.41. The Morgan fingerprint density at radius 1 is 1.10 bits per heavy atom. The predicted octanol–water partition coefficient (Wildman–Crippen LogP) is 5.51. The highest BCUT2D eigenvalue weighted by atomic mass is 35.5. The Labute approximate surface area is 180 Å². The van der Waals surface area contributed by atoms with Crippen molar-refractivity contribution in [2.45, 2.75) is 46.2 Å². The summed E-state index contributed by atoms with van der Waals surface area (Å²) in [6.45, 7) is 9.35. The molecule has 0 unspecified atom stereocenters. The van der Waals surface area contributed by atoms with E-state index in [2.05, 4.69) is 0 Å². The molecule has 0 bridgehead atoms. The van der Waals surface area contributed by atoms with E-state index in [1.54, 1.807) is 30.3 Å². The van der Waals surface area contributed by atoms with Gasteiger partial charge in [-0.15, -0.1) is 0 Å². The van der Waals surface area contributed by atoms with Crippen LogP contribution in [0.15, 0.2) is 53.3 Å². The zero-order valence-corrected chi connectivity index (χ0v) is 18.5. The summed E-state index contributed by atoms with van der Waals surface area (Å²) in [7, 11) is 0. The monoisotopic (exact) mass is 427 g/mol. The lowest BCUT2D eigenvalue weighted by atomic mass is 9.95. The van der Waals surface area contributed by atoms with E-state index in [-0.39, 0.29) is 11.5 Å². The van der Waals surface area contributed by atoms with E-state index < -0.39 is 17.7 Å². The SMILES string of the molecule is CC(C)[C@@H](c1nc2cccc(Cl)c2c(=O)n1-c1ccccc1)N(C(=O)O)C(C)(C)C. The molecule has 0 aliphatic carbocycles. The topological polar surface area (TPSA) is 75.4 Å². The number of para-hydroxylation sites is 1. The van der Waals surface area contributed by atoms with Crippen LogP contribution in [0.1, 0.15) is 46.5 Å². The van der Waals surface area contributed by atoms with Crippen LogP contribution in [0.4, 0.5) is 4.79 Å². The van der Waals surface area contributed by atoms with Crippen molar-refractivity contribution >= 4 is 28.6 Å². The average Bonchev–Trinajstić information content (AvgIpc) is 2.64. The van der Waals surface area contributed by atoms with Gasteiger partial charge in [0, 0.05) is 5.54 Å². The molecule has 158 valence electrons. The highest BCUT2D eigenvalue weighted by molar-refractivity contribution is 6.35. The number of amides is 1. The molecule has 0 radical (unpaired) electrons. The molecule has 2 aromatic carbocycles. The summed E-state index contributed by atoms with van der Waals surface area (Å²) in [4.78, 5) is 32.1. The van der Waals surface area contributed by atoms with Crippen LogP contribution in [0.3, 0.4) is 0 Å². The molecule has 6 nitrogen and oxygen atoms in total. The van der Waals surface area contributed by atoms with Crippen molar-refractivity contribution in [3.63, 3.8) is 0 Å². The molecular weight excluding hydrogens is 402 g/mol. The van der Waals surface area contributed by atoms with E-state index in [1.807, 2.05) is 52.8 Å². The lowest BCUT2D eigenvalue weighted by molar-refractivity contribution is 0.0492. The Hall–Kier alpha value is -2.86. The van der Waals surface area contributed by atoms with Crippen molar-refractivity contribution in [1.82, 2.24) is 14.5 Å². The molecule has 3 aromatic rings. The van der Waals surface area contributed by atoms with Gasteiger partial charge in [-0.1, -0.05) is 49.7 Å². The van der Waals surface area contributed by atoms with Gasteiger partial charge in [-0.25, -0.2) is 9.78 Å². The van der Waals surface area contributed by atoms with Gasteiger partial charge in [-0.05, 0) is 51.0 Å². The standard InChI is InChI=1S/C23H26ClN3O3/c1-14(2)19(27(22(29)30)23(3,4)5)20-25-17-13-9-12-16(24)18(17)21(28)26(20)15-10-7-6-8-11-15/h6-14,19H,1-5H3,(H,29,30)/t19-/m0/s1.